The fourth-order valence-corrected chi connectivity index (χ4v) is 8.34. The molecule has 6 rings (SSSR count). The topological polar surface area (TPSA) is 167 Å². The van der Waals surface area contributed by atoms with Crippen molar-refractivity contribution in [2.45, 2.75) is 41.7 Å². The fourth-order valence-electron chi connectivity index (χ4n) is 5.91. The Labute approximate surface area is 337 Å². The zero-order valence-electron chi connectivity index (χ0n) is 30.9. The van der Waals surface area contributed by atoms with Gasteiger partial charge in [0.1, 0.15) is 5.82 Å². The van der Waals surface area contributed by atoms with Crippen LogP contribution in [0.3, 0.4) is 0 Å². The number of aryl methyl sites for hydroxylation is 4. The molecule has 0 saturated heterocycles. The van der Waals surface area contributed by atoms with Crippen LogP contribution in [-0.4, -0.2) is 39.0 Å². The molecule has 10 nitrogen and oxygen atoms in total. The van der Waals surface area contributed by atoms with Crippen LogP contribution in [0.15, 0.2) is 155 Å². The summed E-state index contributed by atoms with van der Waals surface area (Å²) in [7, 11) is -8.35. The molecule has 0 bridgehead atoms. The van der Waals surface area contributed by atoms with Crippen LogP contribution in [0.1, 0.15) is 48.5 Å². The first kappa shape index (κ1) is 43.6. The Balaban J connectivity index is 0.000000225. The fraction of sp³-hybridized carbons (Fsp3) is 0.116. The molecule has 4 N–H and O–H groups in total. The lowest BCUT2D eigenvalue weighted by Crippen LogP contribution is -2.19. The minimum atomic E-state index is -4.82. The van der Waals surface area contributed by atoms with Gasteiger partial charge in [-0.1, -0.05) is 72.8 Å². The van der Waals surface area contributed by atoms with E-state index in [1.165, 1.54) is 42.5 Å². The highest BCUT2D eigenvalue weighted by Crippen LogP contribution is 2.35. The molecular weight excluding hydrogens is 813 g/mol. The predicted octanol–water partition coefficient (Wildman–Crippen LogP) is 9.10. The van der Waals surface area contributed by atoms with Crippen molar-refractivity contribution in [1.29, 1.82) is 0 Å². The lowest BCUT2D eigenvalue weighted by Gasteiger charge is -2.16. The van der Waals surface area contributed by atoms with E-state index >= 15 is 0 Å². The summed E-state index contributed by atoms with van der Waals surface area (Å²) >= 11 is 0. The molecule has 0 saturated carbocycles. The average Bonchev–Trinajstić information content (AvgIpc) is 3.20. The van der Waals surface area contributed by atoms with Gasteiger partial charge in [0.15, 0.2) is 0 Å². The molecule has 0 aromatic heterocycles. The van der Waals surface area contributed by atoms with Crippen molar-refractivity contribution in [2.75, 3.05) is 9.44 Å². The van der Waals surface area contributed by atoms with E-state index in [0.717, 1.165) is 47.0 Å². The number of carbonyl (C=O) groups is 2. The van der Waals surface area contributed by atoms with Crippen molar-refractivity contribution in [2.24, 2.45) is 0 Å². The van der Waals surface area contributed by atoms with Gasteiger partial charge >= 0.3 is 18.1 Å². The first-order valence-electron chi connectivity index (χ1n) is 17.7. The molecule has 0 amide bonds. The van der Waals surface area contributed by atoms with Crippen LogP contribution < -0.4 is 9.44 Å². The Morgan fingerprint density at radius 3 is 1.44 bits per heavy atom. The SMILES string of the molecule is O=C(O)c1cccc(CCc2ccccc2NS(=O)(=O)c2ccc(F)cc2)c1.O=C(O)c1cccc(CCc2ccccc2NS(=O)(=O)c2ccccc2C(F)(F)F)c1. The van der Waals surface area contributed by atoms with E-state index in [0.29, 0.717) is 36.9 Å². The second-order valence-corrected chi connectivity index (χ2v) is 16.3. The minimum Gasteiger partial charge on any atom is -0.478 e. The first-order chi connectivity index (χ1) is 27.9. The molecule has 0 fully saturated rings. The van der Waals surface area contributed by atoms with E-state index in [4.69, 9.17) is 10.2 Å². The lowest BCUT2D eigenvalue weighted by molar-refractivity contribution is -0.139. The summed E-state index contributed by atoms with van der Waals surface area (Å²) in [5.74, 6) is -2.56. The number of halogens is 4. The summed E-state index contributed by atoms with van der Waals surface area (Å²) in [6, 6.07) is 34.9. The van der Waals surface area contributed by atoms with E-state index in [1.54, 1.807) is 60.7 Å². The third-order valence-corrected chi connectivity index (χ3v) is 11.6. The maximum absolute atomic E-state index is 13.3. The molecule has 0 unspecified atom stereocenters. The molecule has 16 heteroatoms. The molecule has 0 heterocycles. The van der Waals surface area contributed by atoms with Crippen LogP contribution in [-0.2, 0) is 51.9 Å². The van der Waals surface area contributed by atoms with Gasteiger partial charge in [-0.3, -0.25) is 9.44 Å². The average molecular weight is 849 g/mol. The number of hydrogen-bond donors (Lipinski definition) is 4. The van der Waals surface area contributed by atoms with E-state index < -0.39 is 54.4 Å². The standard InChI is InChI=1S/C22H18F3NO4S.C21H18FNO4S/c23-22(24,25)18-9-2-4-11-20(18)31(29,30)26-19-10-3-1-7-16(19)13-12-15-6-5-8-17(14-15)21(27)28;22-18-10-12-19(13-11-18)28(26,27)23-20-7-2-1-5-16(20)9-8-15-4-3-6-17(14-15)21(24)25/h1-11,14,26H,12-13H2,(H,27,28);1-7,10-14,23H,8-9H2,(H,24,25). The monoisotopic (exact) mass is 848 g/mol. The summed E-state index contributed by atoms with van der Waals surface area (Å²) in [5, 5.41) is 18.2. The number of alkyl halides is 3. The van der Waals surface area contributed by atoms with E-state index in [2.05, 4.69) is 9.44 Å². The number of carboxylic acid groups (broad SMARTS) is 2. The molecule has 306 valence electrons. The van der Waals surface area contributed by atoms with Crippen LogP contribution in [0.4, 0.5) is 28.9 Å². The largest absolute Gasteiger partial charge is 0.478 e. The quantitative estimate of drug-likeness (QED) is 0.0788. The number of nitrogens with one attached hydrogen (secondary N) is 2. The summed E-state index contributed by atoms with van der Waals surface area (Å²) in [5.41, 5.74) is 2.61. The van der Waals surface area contributed by atoms with Gasteiger partial charge in [0.2, 0.25) is 0 Å². The highest BCUT2D eigenvalue weighted by atomic mass is 32.2. The number of carboxylic acids is 2. The van der Waals surface area contributed by atoms with Gasteiger partial charge in [0.25, 0.3) is 20.0 Å². The summed E-state index contributed by atoms with van der Waals surface area (Å²) < 4.78 is 108. The number of hydrogen-bond acceptors (Lipinski definition) is 6. The third-order valence-electron chi connectivity index (χ3n) is 8.84. The first-order valence-corrected chi connectivity index (χ1v) is 20.7. The molecular formula is C43H36F4N2O8S2. The van der Waals surface area contributed by atoms with E-state index in [-0.39, 0.29) is 21.7 Å². The van der Waals surface area contributed by atoms with Gasteiger partial charge in [-0.15, -0.1) is 0 Å². The smallest absolute Gasteiger partial charge is 0.417 e. The van der Waals surface area contributed by atoms with Crippen LogP contribution in [0.5, 0.6) is 0 Å². The summed E-state index contributed by atoms with van der Waals surface area (Å²) in [6.07, 6.45) is -2.98. The molecule has 0 aliphatic carbocycles. The van der Waals surface area contributed by atoms with Gasteiger partial charge in [0, 0.05) is 0 Å². The normalized spacial score (nSPS) is 11.5. The molecule has 6 aromatic carbocycles. The zero-order valence-corrected chi connectivity index (χ0v) is 32.5. The second-order valence-electron chi connectivity index (χ2n) is 13.0. The second kappa shape index (κ2) is 18.8. The Bertz CT molecular complexity index is 2670. The maximum Gasteiger partial charge on any atom is 0.417 e. The van der Waals surface area contributed by atoms with Gasteiger partial charge in [0.05, 0.1) is 37.9 Å². The van der Waals surface area contributed by atoms with Crippen molar-refractivity contribution in [3.8, 4) is 0 Å². The zero-order chi connectivity index (χ0) is 42.8. The van der Waals surface area contributed by atoms with Gasteiger partial charge in [-0.2, -0.15) is 13.2 Å². The number of benzene rings is 6. The Morgan fingerprint density at radius 2 is 0.966 bits per heavy atom. The van der Waals surface area contributed by atoms with Gasteiger partial charge in [-0.25, -0.2) is 30.8 Å². The number of para-hydroxylation sites is 2. The summed E-state index contributed by atoms with van der Waals surface area (Å²) in [4.78, 5) is 21.3. The molecule has 0 atom stereocenters. The number of anilines is 2. The van der Waals surface area contributed by atoms with Crippen molar-refractivity contribution >= 4 is 43.4 Å². The molecule has 0 radical (unpaired) electrons. The van der Waals surface area contributed by atoms with Gasteiger partial charge < -0.3 is 10.2 Å². The minimum absolute atomic E-state index is 0.0298. The van der Waals surface area contributed by atoms with Gasteiger partial charge in [-0.05, 0) is 121 Å². The lowest BCUT2D eigenvalue weighted by atomic mass is 10.0. The van der Waals surface area contributed by atoms with E-state index in [9.17, 15) is 44.0 Å². The Morgan fingerprint density at radius 1 is 0.525 bits per heavy atom. The van der Waals surface area contributed by atoms with Crippen molar-refractivity contribution < 1.29 is 54.2 Å². The van der Waals surface area contributed by atoms with Crippen molar-refractivity contribution in [3.63, 3.8) is 0 Å². The highest BCUT2D eigenvalue weighted by Gasteiger charge is 2.37. The predicted molar refractivity (Wildman–Crippen MR) is 214 cm³/mol. The van der Waals surface area contributed by atoms with Crippen molar-refractivity contribution in [1.82, 2.24) is 0 Å². The summed E-state index contributed by atoms with van der Waals surface area (Å²) in [6.45, 7) is 0. The van der Waals surface area contributed by atoms with Crippen molar-refractivity contribution in [3.05, 3.63) is 190 Å². The Kier molecular flexibility index (Phi) is 13.9. The molecule has 6 aromatic rings. The highest BCUT2D eigenvalue weighted by molar-refractivity contribution is 7.93. The Hall–Kier alpha value is -6.52. The number of rotatable bonds is 14. The van der Waals surface area contributed by atoms with Crippen LogP contribution in [0.2, 0.25) is 0 Å². The molecule has 0 aliphatic rings. The molecule has 59 heavy (non-hydrogen) atoms. The number of sulfonamides is 2. The maximum atomic E-state index is 13.3. The van der Waals surface area contributed by atoms with Crippen LogP contribution in [0, 0.1) is 5.82 Å². The van der Waals surface area contributed by atoms with E-state index in [1.807, 2.05) is 12.1 Å². The third kappa shape index (κ3) is 12.0. The van der Waals surface area contributed by atoms with Crippen LogP contribution >= 0.6 is 0 Å². The molecule has 0 spiro atoms. The number of aromatic carboxylic acids is 2. The molecule has 0 aliphatic heterocycles. The van der Waals surface area contributed by atoms with Crippen LogP contribution in [0.25, 0.3) is 0 Å².